The zero-order valence-electron chi connectivity index (χ0n) is 15.4. The maximum atomic E-state index is 13.0. The average Bonchev–Trinajstić information content (AvgIpc) is 3.08. The number of benzene rings is 1. The highest BCUT2D eigenvalue weighted by Crippen LogP contribution is 2.25. The summed E-state index contributed by atoms with van der Waals surface area (Å²) in [5, 5.41) is 10.2. The molecule has 1 N–H and O–H groups in total. The second-order valence-electron chi connectivity index (χ2n) is 6.57. The molecule has 3 rings (SSSR count). The van der Waals surface area contributed by atoms with Crippen LogP contribution in [0.2, 0.25) is 0 Å². The fourth-order valence-electron chi connectivity index (χ4n) is 3.11. The van der Waals surface area contributed by atoms with Gasteiger partial charge in [0.05, 0.1) is 12.7 Å². The van der Waals surface area contributed by atoms with Crippen molar-refractivity contribution >= 4 is 11.8 Å². The van der Waals surface area contributed by atoms with Gasteiger partial charge in [0.25, 0.3) is 5.91 Å². The number of oxazole rings is 1. The Morgan fingerprint density at radius 3 is 2.96 bits per heavy atom. The molecule has 1 aromatic carbocycles. The van der Waals surface area contributed by atoms with Crippen molar-refractivity contribution in [1.82, 2.24) is 14.8 Å². The van der Waals surface area contributed by atoms with Crippen molar-refractivity contribution in [3.63, 3.8) is 0 Å². The molecule has 0 bridgehead atoms. The number of rotatable bonds is 5. The Morgan fingerprint density at radius 1 is 1.41 bits per heavy atom. The summed E-state index contributed by atoms with van der Waals surface area (Å²) in [7, 11) is 1.55. The maximum Gasteiger partial charge on any atom is 0.277 e. The van der Waals surface area contributed by atoms with Crippen LogP contribution in [0.1, 0.15) is 16.1 Å². The average molecular weight is 373 g/mol. The fraction of sp³-hybridized carbons (Fsp3) is 0.421. The molecule has 8 heteroatoms. The van der Waals surface area contributed by atoms with E-state index in [1.807, 2.05) is 31.2 Å². The number of aliphatic hydroxyl groups excluding tert-OH is 1. The lowest BCUT2D eigenvalue weighted by Crippen LogP contribution is -2.40. The van der Waals surface area contributed by atoms with E-state index in [0.29, 0.717) is 18.9 Å². The molecule has 0 saturated carbocycles. The highest BCUT2D eigenvalue weighted by Gasteiger charge is 2.32. The summed E-state index contributed by atoms with van der Waals surface area (Å²) in [5.74, 6) is -0.329. The predicted molar refractivity (Wildman–Crippen MR) is 97.0 cm³/mol. The Kier molecular flexibility index (Phi) is 5.88. The number of aromatic nitrogens is 1. The third kappa shape index (κ3) is 4.35. The summed E-state index contributed by atoms with van der Waals surface area (Å²) in [6.07, 6.45) is 0.373. The molecule has 1 fully saturated rings. The van der Waals surface area contributed by atoms with Crippen LogP contribution in [0.25, 0.3) is 11.3 Å². The first kappa shape index (κ1) is 19.1. The minimum absolute atomic E-state index is 0.0498. The van der Waals surface area contributed by atoms with Gasteiger partial charge in [-0.15, -0.1) is 0 Å². The molecule has 2 heterocycles. The first-order chi connectivity index (χ1) is 13.0. The van der Waals surface area contributed by atoms with Gasteiger partial charge in [-0.25, -0.2) is 4.98 Å². The molecule has 0 spiro atoms. The summed E-state index contributed by atoms with van der Waals surface area (Å²) >= 11 is 0. The second kappa shape index (κ2) is 8.32. The van der Waals surface area contributed by atoms with E-state index in [1.54, 1.807) is 7.11 Å². The van der Waals surface area contributed by atoms with Gasteiger partial charge in [-0.2, -0.15) is 0 Å². The molecule has 144 valence electrons. The molecule has 1 aromatic heterocycles. The van der Waals surface area contributed by atoms with Crippen LogP contribution in [-0.2, 0) is 9.53 Å². The van der Waals surface area contributed by atoms with Crippen LogP contribution in [0.3, 0.4) is 0 Å². The second-order valence-corrected chi connectivity index (χ2v) is 6.57. The summed E-state index contributed by atoms with van der Waals surface area (Å²) in [6, 6.07) is 7.54. The first-order valence-corrected chi connectivity index (χ1v) is 8.74. The monoisotopic (exact) mass is 373 g/mol. The standard InChI is InChI=1S/C19H23N3O5/c1-13-4-3-5-14(8-13)18-17(20-12-27-18)19(25)22-10-15(23)9-21(6-7-26-2)16(24)11-22/h3-5,8,12,15,23H,6-7,9-11H2,1-2H3. The van der Waals surface area contributed by atoms with Gasteiger partial charge in [0.1, 0.15) is 6.54 Å². The minimum atomic E-state index is -0.841. The summed E-state index contributed by atoms with van der Waals surface area (Å²) in [6.45, 7) is 2.77. The lowest BCUT2D eigenvalue weighted by molar-refractivity contribution is -0.131. The third-order valence-electron chi connectivity index (χ3n) is 4.44. The Morgan fingerprint density at radius 2 is 2.22 bits per heavy atom. The molecule has 2 amide bonds. The number of carbonyl (C=O) groups is 2. The molecular weight excluding hydrogens is 350 g/mol. The predicted octanol–water partition coefficient (Wildman–Crippen LogP) is 0.942. The van der Waals surface area contributed by atoms with Crippen LogP contribution in [0.5, 0.6) is 0 Å². The van der Waals surface area contributed by atoms with Crippen LogP contribution < -0.4 is 0 Å². The Labute approximate surface area is 157 Å². The van der Waals surface area contributed by atoms with E-state index in [2.05, 4.69) is 4.98 Å². The quantitative estimate of drug-likeness (QED) is 0.838. The minimum Gasteiger partial charge on any atom is -0.443 e. The molecule has 2 aromatic rings. The number of aryl methyl sites for hydroxylation is 1. The number of hydrogen-bond acceptors (Lipinski definition) is 6. The van der Waals surface area contributed by atoms with E-state index in [1.165, 1.54) is 16.2 Å². The van der Waals surface area contributed by atoms with Crippen molar-refractivity contribution in [2.45, 2.75) is 13.0 Å². The molecule has 0 aliphatic carbocycles. The third-order valence-corrected chi connectivity index (χ3v) is 4.44. The van der Waals surface area contributed by atoms with Crippen LogP contribution in [0.4, 0.5) is 0 Å². The van der Waals surface area contributed by atoms with E-state index < -0.39 is 12.0 Å². The number of carbonyl (C=O) groups excluding carboxylic acids is 2. The molecule has 27 heavy (non-hydrogen) atoms. The number of methoxy groups -OCH3 is 1. The van der Waals surface area contributed by atoms with Crippen molar-refractivity contribution in [2.24, 2.45) is 0 Å². The van der Waals surface area contributed by atoms with Crippen molar-refractivity contribution in [3.05, 3.63) is 41.9 Å². The molecule has 0 radical (unpaired) electrons. The number of ether oxygens (including phenoxy) is 1. The molecule has 1 aliphatic heterocycles. The van der Waals surface area contributed by atoms with E-state index in [0.717, 1.165) is 11.1 Å². The van der Waals surface area contributed by atoms with Crippen LogP contribution in [0.15, 0.2) is 35.1 Å². The molecule has 8 nitrogen and oxygen atoms in total. The molecular formula is C19H23N3O5. The Bertz CT molecular complexity index is 819. The summed E-state index contributed by atoms with van der Waals surface area (Å²) < 4.78 is 10.4. The van der Waals surface area contributed by atoms with Gasteiger partial charge in [0, 0.05) is 32.3 Å². The van der Waals surface area contributed by atoms with Gasteiger partial charge in [-0.05, 0) is 13.0 Å². The highest BCUT2D eigenvalue weighted by atomic mass is 16.5. The maximum absolute atomic E-state index is 13.0. The van der Waals surface area contributed by atoms with E-state index in [9.17, 15) is 14.7 Å². The van der Waals surface area contributed by atoms with Gasteiger partial charge < -0.3 is 24.1 Å². The Balaban J connectivity index is 1.82. The van der Waals surface area contributed by atoms with E-state index in [4.69, 9.17) is 9.15 Å². The molecule has 1 saturated heterocycles. The zero-order valence-corrected chi connectivity index (χ0v) is 15.4. The van der Waals surface area contributed by atoms with Crippen molar-refractivity contribution in [2.75, 3.05) is 39.9 Å². The van der Waals surface area contributed by atoms with Gasteiger partial charge in [-0.3, -0.25) is 9.59 Å². The number of aliphatic hydroxyl groups is 1. The van der Waals surface area contributed by atoms with Crippen molar-refractivity contribution in [3.8, 4) is 11.3 Å². The number of amides is 2. The van der Waals surface area contributed by atoms with E-state index >= 15 is 0 Å². The fourth-order valence-corrected chi connectivity index (χ4v) is 3.11. The number of nitrogens with zero attached hydrogens (tertiary/aromatic N) is 3. The lowest BCUT2D eigenvalue weighted by atomic mass is 10.1. The smallest absolute Gasteiger partial charge is 0.277 e. The molecule has 1 atom stereocenters. The van der Waals surface area contributed by atoms with Crippen LogP contribution in [0, 0.1) is 6.92 Å². The van der Waals surface area contributed by atoms with E-state index in [-0.39, 0.29) is 31.2 Å². The topological polar surface area (TPSA) is 96.1 Å². The first-order valence-electron chi connectivity index (χ1n) is 8.74. The molecule has 1 aliphatic rings. The molecule has 1 unspecified atom stereocenters. The zero-order chi connectivity index (χ0) is 19.4. The number of hydrogen-bond donors (Lipinski definition) is 1. The highest BCUT2D eigenvalue weighted by molar-refractivity contribution is 5.99. The van der Waals surface area contributed by atoms with Gasteiger partial charge >= 0.3 is 0 Å². The van der Waals surface area contributed by atoms with Gasteiger partial charge in [0.2, 0.25) is 5.91 Å². The van der Waals surface area contributed by atoms with Gasteiger partial charge in [-0.1, -0.05) is 23.8 Å². The summed E-state index contributed by atoms with van der Waals surface area (Å²) in [4.78, 5) is 32.4. The Hall–Kier alpha value is -2.71. The normalized spacial score (nSPS) is 17.9. The van der Waals surface area contributed by atoms with Crippen molar-refractivity contribution in [1.29, 1.82) is 0 Å². The summed E-state index contributed by atoms with van der Waals surface area (Å²) in [5.41, 5.74) is 1.89. The van der Waals surface area contributed by atoms with Crippen LogP contribution in [-0.4, -0.2) is 77.7 Å². The van der Waals surface area contributed by atoms with Crippen LogP contribution >= 0.6 is 0 Å². The number of β-amino-alcohol motifs (C(OH)–C–C–N with tert-alkyl or cyclic N) is 1. The van der Waals surface area contributed by atoms with Gasteiger partial charge in [0.15, 0.2) is 17.8 Å². The lowest BCUT2D eigenvalue weighted by Gasteiger charge is -2.21. The van der Waals surface area contributed by atoms with Crippen molar-refractivity contribution < 1.29 is 23.8 Å². The largest absolute Gasteiger partial charge is 0.443 e. The SMILES string of the molecule is COCCN1CC(O)CN(C(=O)c2ncoc2-c2cccc(C)c2)CC1=O.